The fraction of sp³-hybridized carbons (Fsp3) is 0.412. The standard InChI is InChI=1S/C17H21NO/c1-11-7-8-13-12-5-3-4-6-14(12)17(19-2)10-15(13)16(18)9-11/h3-6,10-11,16H,7-9,18H2,1-2H3. The summed E-state index contributed by atoms with van der Waals surface area (Å²) in [5, 5.41) is 2.51. The molecule has 0 fully saturated rings. The molecule has 2 aromatic carbocycles. The second-order valence-corrected chi connectivity index (χ2v) is 5.68. The quantitative estimate of drug-likeness (QED) is 0.786. The predicted octanol–water partition coefficient (Wildman–Crippen LogP) is 3.82. The summed E-state index contributed by atoms with van der Waals surface area (Å²) in [6, 6.07) is 10.8. The van der Waals surface area contributed by atoms with Gasteiger partial charge in [-0.1, -0.05) is 31.2 Å². The normalized spacial score (nSPS) is 22.9. The van der Waals surface area contributed by atoms with Crippen molar-refractivity contribution >= 4 is 10.8 Å². The molecular formula is C17H21NO. The van der Waals surface area contributed by atoms with E-state index in [1.807, 2.05) is 0 Å². The molecule has 0 heterocycles. The lowest BCUT2D eigenvalue weighted by molar-refractivity contribution is 0.418. The van der Waals surface area contributed by atoms with Crippen LogP contribution in [0.2, 0.25) is 0 Å². The van der Waals surface area contributed by atoms with E-state index in [9.17, 15) is 0 Å². The van der Waals surface area contributed by atoms with E-state index < -0.39 is 0 Å². The molecule has 1 aliphatic carbocycles. The zero-order chi connectivity index (χ0) is 13.4. The molecule has 2 atom stereocenters. The molecule has 2 nitrogen and oxygen atoms in total. The molecule has 0 aliphatic heterocycles. The van der Waals surface area contributed by atoms with Crippen molar-refractivity contribution in [2.24, 2.45) is 11.7 Å². The average molecular weight is 255 g/mol. The number of aryl methyl sites for hydroxylation is 1. The Bertz CT molecular complexity index is 605. The van der Waals surface area contributed by atoms with Crippen molar-refractivity contribution in [3.63, 3.8) is 0 Å². The summed E-state index contributed by atoms with van der Waals surface area (Å²) in [6.07, 6.45) is 3.40. The van der Waals surface area contributed by atoms with Crippen molar-refractivity contribution in [2.75, 3.05) is 7.11 Å². The van der Waals surface area contributed by atoms with Crippen LogP contribution in [0.3, 0.4) is 0 Å². The third kappa shape index (κ3) is 2.10. The fourth-order valence-corrected chi connectivity index (χ4v) is 3.27. The van der Waals surface area contributed by atoms with Gasteiger partial charge in [0.25, 0.3) is 0 Å². The number of fused-ring (bicyclic) bond motifs is 3. The van der Waals surface area contributed by atoms with Gasteiger partial charge < -0.3 is 10.5 Å². The molecule has 19 heavy (non-hydrogen) atoms. The minimum atomic E-state index is 0.131. The van der Waals surface area contributed by atoms with Gasteiger partial charge in [-0.05, 0) is 47.8 Å². The molecule has 2 unspecified atom stereocenters. The Balaban J connectivity index is 2.28. The van der Waals surface area contributed by atoms with Crippen LogP contribution in [0, 0.1) is 5.92 Å². The topological polar surface area (TPSA) is 35.2 Å². The number of rotatable bonds is 1. The molecule has 0 aromatic heterocycles. The van der Waals surface area contributed by atoms with Gasteiger partial charge in [0.05, 0.1) is 7.11 Å². The maximum absolute atomic E-state index is 6.40. The maximum atomic E-state index is 6.40. The summed E-state index contributed by atoms with van der Waals surface area (Å²) in [6.45, 7) is 2.30. The first-order valence-corrected chi connectivity index (χ1v) is 7.04. The summed E-state index contributed by atoms with van der Waals surface area (Å²) in [5.41, 5.74) is 9.10. The van der Waals surface area contributed by atoms with Crippen LogP contribution in [0.15, 0.2) is 30.3 Å². The summed E-state index contributed by atoms with van der Waals surface area (Å²) in [4.78, 5) is 0. The Hall–Kier alpha value is -1.54. The van der Waals surface area contributed by atoms with Gasteiger partial charge in [-0.25, -0.2) is 0 Å². The molecule has 0 bridgehead atoms. The average Bonchev–Trinajstić information content (AvgIpc) is 2.57. The van der Waals surface area contributed by atoms with Crippen LogP contribution in [0.1, 0.15) is 36.9 Å². The monoisotopic (exact) mass is 255 g/mol. The molecule has 0 saturated carbocycles. The van der Waals surface area contributed by atoms with E-state index in [0.717, 1.165) is 18.6 Å². The van der Waals surface area contributed by atoms with Crippen LogP contribution in [0.5, 0.6) is 5.75 Å². The Labute approximate surface area is 114 Å². The predicted molar refractivity (Wildman–Crippen MR) is 79.5 cm³/mol. The largest absolute Gasteiger partial charge is 0.496 e. The van der Waals surface area contributed by atoms with Gasteiger partial charge in [0.2, 0.25) is 0 Å². The van der Waals surface area contributed by atoms with Gasteiger partial charge in [0, 0.05) is 11.4 Å². The third-order valence-electron chi connectivity index (χ3n) is 4.32. The zero-order valence-corrected chi connectivity index (χ0v) is 11.6. The number of ether oxygens (including phenoxy) is 1. The summed E-state index contributed by atoms with van der Waals surface area (Å²) >= 11 is 0. The number of benzene rings is 2. The van der Waals surface area contributed by atoms with Crippen LogP contribution in [-0.2, 0) is 6.42 Å². The Kier molecular flexibility index (Phi) is 3.19. The highest BCUT2D eigenvalue weighted by molar-refractivity contribution is 5.92. The molecule has 2 heteroatoms. The fourth-order valence-electron chi connectivity index (χ4n) is 3.27. The summed E-state index contributed by atoms with van der Waals surface area (Å²) in [5.74, 6) is 1.63. The Morgan fingerprint density at radius 1 is 1.21 bits per heavy atom. The van der Waals surface area contributed by atoms with Gasteiger partial charge in [0.15, 0.2) is 0 Å². The molecule has 0 spiro atoms. The minimum Gasteiger partial charge on any atom is -0.496 e. The van der Waals surface area contributed by atoms with E-state index in [4.69, 9.17) is 10.5 Å². The van der Waals surface area contributed by atoms with Crippen molar-refractivity contribution in [1.82, 2.24) is 0 Å². The minimum absolute atomic E-state index is 0.131. The van der Waals surface area contributed by atoms with Crippen LogP contribution in [0.25, 0.3) is 10.8 Å². The van der Waals surface area contributed by atoms with Crippen LogP contribution < -0.4 is 10.5 Å². The summed E-state index contributed by atoms with van der Waals surface area (Å²) < 4.78 is 5.55. The van der Waals surface area contributed by atoms with Crippen LogP contribution in [0.4, 0.5) is 0 Å². The highest BCUT2D eigenvalue weighted by Crippen LogP contribution is 2.38. The van der Waals surface area contributed by atoms with Gasteiger partial charge in [-0.2, -0.15) is 0 Å². The Morgan fingerprint density at radius 3 is 2.68 bits per heavy atom. The molecule has 0 radical (unpaired) electrons. The van der Waals surface area contributed by atoms with E-state index in [2.05, 4.69) is 37.3 Å². The molecule has 2 N–H and O–H groups in total. The molecule has 0 saturated heterocycles. The first kappa shape index (κ1) is 12.5. The third-order valence-corrected chi connectivity index (χ3v) is 4.32. The first-order valence-electron chi connectivity index (χ1n) is 7.04. The SMILES string of the molecule is COc1cc2c(c3ccccc13)CCC(C)CC2N. The van der Waals surface area contributed by atoms with Crippen LogP contribution >= 0.6 is 0 Å². The second kappa shape index (κ2) is 4.86. The van der Waals surface area contributed by atoms with E-state index in [0.29, 0.717) is 5.92 Å². The van der Waals surface area contributed by atoms with Crippen molar-refractivity contribution in [3.05, 3.63) is 41.5 Å². The van der Waals surface area contributed by atoms with Crippen molar-refractivity contribution < 1.29 is 4.74 Å². The molecule has 100 valence electrons. The smallest absolute Gasteiger partial charge is 0.127 e. The van der Waals surface area contributed by atoms with E-state index in [1.165, 1.54) is 28.3 Å². The molecule has 2 aromatic rings. The Morgan fingerprint density at radius 2 is 1.95 bits per heavy atom. The molecule has 3 rings (SSSR count). The van der Waals surface area contributed by atoms with E-state index >= 15 is 0 Å². The summed E-state index contributed by atoms with van der Waals surface area (Å²) in [7, 11) is 1.74. The number of hydrogen-bond acceptors (Lipinski definition) is 2. The molecule has 0 amide bonds. The van der Waals surface area contributed by atoms with Gasteiger partial charge in [-0.15, -0.1) is 0 Å². The lowest BCUT2D eigenvalue weighted by atomic mass is 9.93. The lowest BCUT2D eigenvalue weighted by Gasteiger charge is -2.18. The zero-order valence-electron chi connectivity index (χ0n) is 11.6. The lowest BCUT2D eigenvalue weighted by Crippen LogP contribution is -2.13. The second-order valence-electron chi connectivity index (χ2n) is 5.68. The van der Waals surface area contributed by atoms with Crippen molar-refractivity contribution in [2.45, 2.75) is 32.2 Å². The van der Waals surface area contributed by atoms with Crippen molar-refractivity contribution in [1.29, 1.82) is 0 Å². The molecule has 1 aliphatic rings. The van der Waals surface area contributed by atoms with Gasteiger partial charge in [-0.3, -0.25) is 0 Å². The molecular weight excluding hydrogens is 234 g/mol. The van der Waals surface area contributed by atoms with Gasteiger partial charge in [0.1, 0.15) is 5.75 Å². The highest BCUT2D eigenvalue weighted by atomic mass is 16.5. The highest BCUT2D eigenvalue weighted by Gasteiger charge is 2.22. The van der Waals surface area contributed by atoms with Gasteiger partial charge >= 0.3 is 0 Å². The van der Waals surface area contributed by atoms with Crippen LogP contribution in [-0.4, -0.2) is 7.11 Å². The number of nitrogens with two attached hydrogens (primary N) is 1. The number of methoxy groups -OCH3 is 1. The van der Waals surface area contributed by atoms with E-state index in [1.54, 1.807) is 7.11 Å². The number of hydrogen-bond donors (Lipinski definition) is 1. The maximum Gasteiger partial charge on any atom is 0.127 e. The van der Waals surface area contributed by atoms with E-state index in [-0.39, 0.29) is 6.04 Å². The van der Waals surface area contributed by atoms with Crippen molar-refractivity contribution in [3.8, 4) is 5.75 Å². The first-order chi connectivity index (χ1) is 9.20.